The van der Waals surface area contributed by atoms with Gasteiger partial charge in [0.2, 0.25) is 5.56 Å². The molecule has 6 rings (SSSR count). The lowest BCUT2D eigenvalue weighted by Crippen LogP contribution is -2.60. The van der Waals surface area contributed by atoms with Crippen LogP contribution in [0.3, 0.4) is 0 Å². The van der Waals surface area contributed by atoms with Crippen molar-refractivity contribution in [2.24, 2.45) is 5.92 Å². The largest absolute Gasteiger partial charge is 0.333 e. The average Bonchev–Trinajstić information content (AvgIpc) is 3.12. The summed E-state index contributed by atoms with van der Waals surface area (Å²) in [6, 6.07) is 12.6. The number of fused-ring (bicyclic) bond motifs is 2. The Morgan fingerprint density at radius 2 is 1.78 bits per heavy atom. The number of aryl methyl sites for hydroxylation is 1. The van der Waals surface area contributed by atoms with Gasteiger partial charge in [0.1, 0.15) is 0 Å². The summed E-state index contributed by atoms with van der Waals surface area (Å²) in [6.07, 6.45) is 3.91. The minimum absolute atomic E-state index is 0.0459. The fraction of sp³-hybridized carbons (Fsp3) is 0.455. The second-order valence-corrected chi connectivity index (χ2v) is 8.27. The van der Waals surface area contributed by atoms with Crippen molar-refractivity contribution in [2.75, 3.05) is 19.6 Å². The molecule has 1 aromatic carbocycles. The van der Waals surface area contributed by atoms with Crippen LogP contribution in [0.4, 0.5) is 0 Å². The van der Waals surface area contributed by atoms with E-state index in [-0.39, 0.29) is 17.5 Å². The number of pyridine rings is 1. The van der Waals surface area contributed by atoms with Crippen molar-refractivity contribution in [1.82, 2.24) is 14.8 Å². The van der Waals surface area contributed by atoms with E-state index in [0.717, 1.165) is 19.6 Å². The summed E-state index contributed by atoms with van der Waals surface area (Å²) >= 11 is 0. The van der Waals surface area contributed by atoms with Crippen LogP contribution in [-0.2, 0) is 0 Å². The Hall–Kier alpha value is -2.40. The standard InChI is InChI=1S/C22H25N3O2/c1-14-2-4-15(5-3-14)18-13-25(22(27)17-6-7-19(26)23-12-17)20-16-8-10-24(11-9-16)21(18)20/h2-7,12,16,18,20-21H,8-11,13H2,1H3,(H,23,26)/t18-,20+,21+/m0/s1. The number of carbonyl (C=O) groups excluding carboxylic acids is 1. The molecule has 0 radical (unpaired) electrons. The highest BCUT2D eigenvalue weighted by Crippen LogP contribution is 2.46. The molecule has 0 saturated carbocycles. The van der Waals surface area contributed by atoms with Crippen molar-refractivity contribution < 1.29 is 4.79 Å². The van der Waals surface area contributed by atoms with E-state index in [1.165, 1.54) is 30.0 Å². The number of aromatic amines is 1. The Kier molecular flexibility index (Phi) is 3.93. The molecular formula is C22H25N3O2. The van der Waals surface area contributed by atoms with Crippen molar-refractivity contribution in [3.05, 3.63) is 69.6 Å². The first-order valence-corrected chi connectivity index (χ1v) is 9.92. The molecule has 3 atom stereocenters. The number of nitrogens with zero attached hydrogens (tertiary/aromatic N) is 2. The highest BCUT2D eigenvalue weighted by Gasteiger charge is 2.54. The van der Waals surface area contributed by atoms with Crippen LogP contribution < -0.4 is 5.56 Å². The molecule has 140 valence electrons. The molecule has 0 spiro atoms. The molecule has 2 aromatic rings. The molecule has 1 N–H and O–H groups in total. The van der Waals surface area contributed by atoms with E-state index in [1.807, 2.05) is 0 Å². The first kappa shape index (κ1) is 16.8. The zero-order valence-corrected chi connectivity index (χ0v) is 15.6. The first-order valence-electron chi connectivity index (χ1n) is 9.92. The topological polar surface area (TPSA) is 56.4 Å². The number of carbonyl (C=O) groups is 1. The molecule has 4 saturated heterocycles. The molecule has 4 fully saturated rings. The van der Waals surface area contributed by atoms with Gasteiger partial charge in [-0.15, -0.1) is 0 Å². The number of hydrogen-bond acceptors (Lipinski definition) is 3. The molecule has 2 bridgehead atoms. The van der Waals surface area contributed by atoms with E-state index in [1.54, 1.807) is 12.3 Å². The Morgan fingerprint density at radius 3 is 2.44 bits per heavy atom. The van der Waals surface area contributed by atoms with Crippen molar-refractivity contribution in [3.8, 4) is 0 Å². The van der Waals surface area contributed by atoms with Crippen LogP contribution in [0.2, 0.25) is 0 Å². The van der Waals surface area contributed by atoms with Crippen LogP contribution in [0.15, 0.2) is 47.4 Å². The summed E-state index contributed by atoms with van der Waals surface area (Å²) < 4.78 is 0. The summed E-state index contributed by atoms with van der Waals surface area (Å²) in [6.45, 7) is 5.16. The summed E-state index contributed by atoms with van der Waals surface area (Å²) in [5, 5.41) is 0. The van der Waals surface area contributed by atoms with Crippen molar-refractivity contribution >= 4 is 5.91 Å². The SMILES string of the molecule is Cc1ccc([C@@H]2CN(C(=O)c3ccc(=O)[nH]c3)[C@@H]3C4CCN(CC4)[C@@H]32)cc1. The number of rotatable bonds is 2. The third-order valence-electron chi connectivity index (χ3n) is 6.79. The number of H-pyrrole nitrogens is 1. The molecule has 4 aliphatic rings. The monoisotopic (exact) mass is 363 g/mol. The molecule has 5 nitrogen and oxygen atoms in total. The maximum Gasteiger partial charge on any atom is 0.255 e. The summed E-state index contributed by atoms with van der Waals surface area (Å²) in [5.41, 5.74) is 3.00. The zero-order valence-electron chi connectivity index (χ0n) is 15.6. The van der Waals surface area contributed by atoms with Gasteiger partial charge in [-0.25, -0.2) is 0 Å². The van der Waals surface area contributed by atoms with Gasteiger partial charge in [-0.05, 0) is 50.4 Å². The van der Waals surface area contributed by atoms with Crippen LogP contribution in [0.25, 0.3) is 0 Å². The molecule has 27 heavy (non-hydrogen) atoms. The fourth-order valence-corrected chi connectivity index (χ4v) is 5.47. The van der Waals surface area contributed by atoms with E-state index < -0.39 is 0 Å². The highest BCUT2D eigenvalue weighted by molar-refractivity contribution is 5.94. The minimum atomic E-state index is -0.175. The molecule has 5 heteroatoms. The van der Waals surface area contributed by atoms with Crippen LogP contribution >= 0.6 is 0 Å². The Morgan fingerprint density at radius 1 is 1.04 bits per heavy atom. The lowest BCUT2D eigenvalue weighted by Gasteiger charge is -2.51. The van der Waals surface area contributed by atoms with E-state index in [4.69, 9.17) is 0 Å². The van der Waals surface area contributed by atoms with Crippen molar-refractivity contribution in [2.45, 2.75) is 37.8 Å². The number of benzene rings is 1. The Balaban J connectivity index is 1.52. The fourth-order valence-electron chi connectivity index (χ4n) is 5.47. The number of likely N-dealkylation sites (tertiary alicyclic amines) is 1. The van der Waals surface area contributed by atoms with Gasteiger partial charge >= 0.3 is 0 Å². The third kappa shape index (κ3) is 2.72. The summed E-state index contributed by atoms with van der Waals surface area (Å²) in [5.74, 6) is 0.984. The molecular weight excluding hydrogens is 338 g/mol. The Bertz CT molecular complexity index is 891. The van der Waals surface area contributed by atoms with Crippen molar-refractivity contribution in [3.63, 3.8) is 0 Å². The first-order chi connectivity index (χ1) is 13.1. The molecule has 1 aromatic heterocycles. The second-order valence-electron chi connectivity index (χ2n) is 8.27. The smallest absolute Gasteiger partial charge is 0.255 e. The molecule has 0 aliphatic carbocycles. The van der Waals surface area contributed by atoms with E-state index in [0.29, 0.717) is 23.4 Å². The van der Waals surface area contributed by atoms with Crippen LogP contribution in [-0.4, -0.2) is 52.4 Å². The highest BCUT2D eigenvalue weighted by atomic mass is 16.2. The van der Waals surface area contributed by atoms with Gasteiger partial charge in [0.05, 0.1) is 11.6 Å². The lowest BCUT2D eigenvalue weighted by atomic mass is 9.75. The van der Waals surface area contributed by atoms with Gasteiger partial charge in [0.25, 0.3) is 5.91 Å². The van der Waals surface area contributed by atoms with Crippen LogP contribution in [0.1, 0.15) is 40.2 Å². The summed E-state index contributed by atoms with van der Waals surface area (Å²) in [7, 11) is 0. The average molecular weight is 363 g/mol. The third-order valence-corrected chi connectivity index (χ3v) is 6.79. The minimum Gasteiger partial charge on any atom is -0.333 e. The quantitative estimate of drug-likeness (QED) is 0.891. The number of piperidine rings is 3. The molecule has 1 amide bonds. The lowest BCUT2D eigenvalue weighted by molar-refractivity contribution is -0.00342. The molecule has 4 aliphatic heterocycles. The zero-order chi connectivity index (χ0) is 18.5. The van der Waals surface area contributed by atoms with E-state index in [2.05, 4.69) is 46.0 Å². The van der Waals surface area contributed by atoms with Crippen LogP contribution in [0.5, 0.6) is 0 Å². The van der Waals surface area contributed by atoms with Crippen molar-refractivity contribution in [1.29, 1.82) is 0 Å². The van der Waals surface area contributed by atoms with Gasteiger partial charge in [0.15, 0.2) is 0 Å². The second kappa shape index (κ2) is 6.34. The maximum absolute atomic E-state index is 13.3. The summed E-state index contributed by atoms with van der Waals surface area (Å²) in [4.78, 5) is 32.0. The number of amides is 1. The van der Waals surface area contributed by atoms with Gasteiger partial charge in [-0.2, -0.15) is 0 Å². The Labute approximate surface area is 159 Å². The van der Waals surface area contributed by atoms with Crippen LogP contribution in [0, 0.1) is 12.8 Å². The maximum atomic E-state index is 13.3. The van der Waals surface area contributed by atoms with Gasteiger partial charge in [-0.3, -0.25) is 14.5 Å². The molecule has 0 unspecified atom stereocenters. The predicted molar refractivity (Wildman–Crippen MR) is 104 cm³/mol. The van der Waals surface area contributed by atoms with E-state index >= 15 is 0 Å². The van der Waals surface area contributed by atoms with Gasteiger partial charge < -0.3 is 9.88 Å². The van der Waals surface area contributed by atoms with E-state index in [9.17, 15) is 9.59 Å². The number of aromatic nitrogens is 1. The van der Waals surface area contributed by atoms with Gasteiger partial charge in [-0.1, -0.05) is 29.8 Å². The number of hydrogen-bond donors (Lipinski definition) is 1. The number of nitrogens with one attached hydrogen (secondary N) is 1. The molecule has 5 heterocycles. The predicted octanol–water partition coefficient (Wildman–Crippen LogP) is 2.39. The van der Waals surface area contributed by atoms with Gasteiger partial charge in [0, 0.05) is 30.8 Å². The normalized spacial score (nSPS) is 31.7.